The van der Waals surface area contributed by atoms with Crippen molar-refractivity contribution in [3.63, 3.8) is 0 Å². The molecular formula is C18H22N2O5. The molecule has 0 bridgehead atoms. The van der Waals surface area contributed by atoms with Crippen LogP contribution >= 0.6 is 0 Å². The number of hydrogen-bond acceptors (Lipinski definition) is 4. The third-order valence-corrected chi connectivity index (χ3v) is 4.86. The lowest BCUT2D eigenvalue weighted by atomic mass is 9.88. The zero-order chi connectivity index (χ0) is 18.0. The lowest BCUT2D eigenvalue weighted by Crippen LogP contribution is -2.40. The second kappa shape index (κ2) is 6.84. The highest BCUT2D eigenvalue weighted by atomic mass is 16.5. The Bertz CT molecular complexity index is 683. The second-order valence-electron chi connectivity index (χ2n) is 6.84. The molecule has 7 nitrogen and oxygen atoms in total. The zero-order valence-electron chi connectivity index (χ0n) is 14.2. The lowest BCUT2D eigenvalue weighted by Gasteiger charge is -2.23. The zero-order valence-corrected chi connectivity index (χ0v) is 14.2. The van der Waals surface area contributed by atoms with Crippen molar-refractivity contribution < 1.29 is 24.2 Å². The largest absolute Gasteiger partial charge is 0.481 e. The summed E-state index contributed by atoms with van der Waals surface area (Å²) in [5.41, 5.74) is 0.0972. The number of carbonyl (C=O) groups excluding carboxylic acids is 2. The Morgan fingerprint density at radius 3 is 2.52 bits per heavy atom. The van der Waals surface area contributed by atoms with E-state index < -0.39 is 11.4 Å². The van der Waals surface area contributed by atoms with Crippen molar-refractivity contribution in [2.24, 2.45) is 11.3 Å². The molecule has 0 radical (unpaired) electrons. The number of carboxylic acid groups (broad SMARTS) is 1. The van der Waals surface area contributed by atoms with E-state index in [1.807, 2.05) is 0 Å². The van der Waals surface area contributed by atoms with Gasteiger partial charge < -0.3 is 20.1 Å². The first-order valence-corrected chi connectivity index (χ1v) is 8.38. The second-order valence-corrected chi connectivity index (χ2v) is 6.84. The van der Waals surface area contributed by atoms with E-state index in [0.29, 0.717) is 24.2 Å². The number of hydrogen-bond donors (Lipinski definition) is 2. The van der Waals surface area contributed by atoms with Crippen LogP contribution in [0.3, 0.4) is 0 Å². The molecule has 1 aliphatic carbocycles. The van der Waals surface area contributed by atoms with Crippen molar-refractivity contribution in [1.29, 1.82) is 0 Å². The minimum atomic E-state index is -1.04. The number of anilines is 1. The number of ether oxygens (including phenoxy) is 1. The van der Waals surface area contributed by atoms with Gasteiger partial charge in [-0.3, -0.25) is 14.4 Å². The molecule has 1 unspecified atom stereocenters. The molecule has 3 rings (SSSR count). The van der Waals surface area contributed by atoms with Gasteiger partial charge in [-0.2, -0.15) is 0 Å². The Morgan fingerprint density at radius 2 is 1.96 bits per heavy atom. The summed E-state index contributed by atoms with van der Waals surface area (Å²) >= 11 is 0. The van der Waals surface area contributed by atoms with Gasteiger partial charge in [-0.1, -0.05) is 0 Å². The average molecular weight is 346 g/mol. The van der Waals surface area contributed by atoms with Crippen LogP contribution in [0.1, 0.15) is 29.6 Å². The topological polar surface area (TPSA) is 95.9 Å². The first kappa shape index (κ1) is 17.4. The molecule has 1 atom stereocenters. The predicted octanol–water partition coefficient (Wildman–Crippen LogP) is 1.60. The van der Waals surface area contributed by atoms with Crippen LogP contribution in [0.25, 0.3) is 0 Å². The van der Waals surface area contributed by atoms with Gasteiger partial charge in [0, 0.05) is 37.4 Å². The third kappa shape index (κ3) is 3.66. The van der Waals surface area contributed by atoms with Gasteiger partial charge in [0.25, 0.3) is 5.91 Å². The van der Waals surface area contributed by atoms with E-state index in [4.69, 9.17) is 4.74 Å². The van der Waals surface area contributed by atoms with Crippen LogP contribution < -0.4 is 5.32 Å². The van der Waals surface area contributed by atoms with E-state index in [-0.39, 0.29) is 30.9 Å². The summed E-state index contributed by atoms with van der Waals surface area (Å²) in [4.78, 5) is 37.5. The molecular weight excluding hydrogens is 324 g/mol. The van der Waals surface area contributed by atoms with Gasteiger partial charge in [0.05, 0.1) is 6.61 Å². The van der Waals surface area contributed by atoms with Crippen molar-refractivity contribution in [1.82, 2.24) is 4.90 Å². The number of nitrogens with zero attached hydrogens (tertiary/aromatic N) is 1. The number of aliphatic carboxylic acids is 1. The van der Waals surface area contributed by atoms with Crippen LogP contribution in [-0.2, 0) is 14.3 Å². The Hall–Kier alpha value is -2.41. The minimum absolute atomic E-state index is 0.0180. The Labute approximate surface area is 146 Å². The smallest absolute Gasteiger partial charge is 0.313 e. The van der Waals surface area contributed by atoms with E-state index in [1.165, 1.54) is 7.11 Å². The van der Waals surface area contributed by atoms with Crippen molar-refractivity contribution in [3.05, 3.63) is 29.8 Å². The summed E-state index contributed by atoms with van der Waals surface area (Å²) in [7, 11) is 1.46. The summed E-state index contributed by atoms with van der Waals surface area (Å²) < 4.78 is 5.04. The molecule has 2 fully saturated rings. The molecule has 1 aromatic rings. The molecule has 0 aromatic heterocycles. The van der Waals surface area contributed by atoms with Crippen molar-refractivity contribution in [2.45, 2.75) is 19.3 Å². The van der Waals surface area contributed by atoms with Crippen LogP contribution in [0.4, 0.5) is 5.69 Å². The van der Waals surface area contributed by atoms with E-state index in [9.17, 15) is 19.5 Å². The van der Waals surface area contributed by atoms with E-state index >= 15 is 0 Å². The Morgan fingerprint density at radius 1 is 1.28 bits per heavy atom. The number of benzene rings is 1. The highest BCUT2D eigenvalue weighted by Crippen LogP contribution is 2.32. The van der Waals surface area contributed by atoms with Crippen molar-refractivity contribution >= 4 is 23.5 Å². The first-order valence-electron chi connectivity index (χ1n) is 8.38. The molecule has 1 aromatic carbocycles. The highest BCUT2D eigenvalue weighted by Gasteiger charge is 2.46. The number of amides is 2. The number of rotatable bonds is 6. The van der Waals surface area contributed by atoms with Crippen LogP contribution in [0.5, 0.6) is 0 Å². The van der Waals surface area contributed by atoms with E-state index in [1.54, 1.807) is 29.2 Å². The standard InChI is InChI=1S/C18H22N2O5/c1-25-11-18(17(23)24)8-9-20(10-18)16(22)13-4-6-14(7-5-13)19-15(21)12-2-3-12/h4-7,12H,2-3,8-11H2,1H3,(H,19,21)(H,23,24). The molecule has 0 spiro atoms. The molecule has 2 aliphatic rings. The number of carboxylic acids is 1. The summed E-state index contributed by atoms with van der Waals surface area (Å²) in [5.74, 6) is -1.01. The quantitative estimate of drug-likeness (QED) is 0.816. The lowest BCUT2D eigenvalue weighted by molar-refractivity contribution is -0.151. The molecule has 2 amide bonds. The fraction of sp³-hybridized carbons (Fsp3) is 0.500. The maximum Gasteiger partial charge on any atom is 0.313 e. The van der Waals surface area contributed by atoms with Gasteiger partial charge >= 0.3 is 5.97 Å². The van der Waals surface area contributed by atoms with Gasteiger partial charge in [0.2, 0.25) is 5.91 Å². The van der Waals surface area contributed by atoms with Crippen LogP contribution in [0.2, 0.25) is 0 Å². The molecule has 1 heterocycles. The van der Waals surface area contributed by atoms with Gasteiger partial charge in [-0.15, -0.1) is 0 Å². The van der Waals surface area contributed by atoms with Crippen LogP contribution in [0.15, 0.2) is 24.3 Å². The molecule has 1 saturated heterocycles. The summed E-state index contributed by atoms with van der Waals surface area (Å²) in [6.45, 7) is 0.599. The first-order chi connectivity index (χ1) is 11.9. The SMILES string of the molecule is COCC1(C(=O)O)CCN(C(=O)c2ccc(NC(=O)C3CC3)cc2)C1. The fourth-order valence-corrected chi connectivity index (χ4v) is 3.14. The third-order valence-electron chi connectivity index (χ3n) is 4.86. The summed E-state index contributed by atoms with van der Waals surface area (Å²) in [5, 5.41) is 12.3. The van der Waals surface area contributed by atoms with Gasteiger partial charge in [0.15, 0.2) is 0 Å². The Balaban J connectivity index is 1.64. The molecule has 134 valence electrons. The maximum atomic E-state index is 12.6. The number of nitrogens with one attached hydrogen (secondary N) is 1. The average Bonchev–Trinajstić information content (AvgIpc) is 3.36. The molecule has 25 heavy (non-hydrogen) atoms. The normalized spacial score (nSPS) is 22.7. The maximum absolute atomic E-state index is 12.6. The van der Waals surface area contributed by atoms with Crippen molar-refractivity contribution in [3.8, 4) is 0 Å². The number of likely N-dealkylation sites (tertiary alicyclic amines) is 1. The molecule has 1 aliphatic heterocycles. The fourth-order valence-electron chi connectivity index (χ4n) is 3.14. The van der Waals surface area contributed by atoms with E-state index in [0.717, 1.165) is 12.8 Å². The molecule has 1 saturated carbocycles. The van der Waals surface area contributed by atoms with Gasteiger partial charge in [-0.05, 0) is 43.5 Å². The van der Waals surface area contributed by atoms with E-state index in [2.05, 4.69) is 5.32 Å². The Kier molecular flexibility index (Phi) is 4.76. The predicted molar refractivity (Wildman–Crippen MR) is 90.3 cm³/mol. The van der Waals surface area contributed by atoms with Gasteiger partial charge in [-0.25, -0.2) is 0 Å². The minimum Gasteiger partial charge on any atom is -0.481 e. The van der Waals surface area contributed by atoms with Gasteiger partial charge in [0.1, 0.15) is 5.41 Å². The highest BCUT2D eigenvalue weighted by molar-refractivity contribution is 5.97. The monoisotopic (exact) mass is 346 g/mol. The molecule has 7 heteroatoms. The number of carbonyl (C=O) groups is 3. The summed E-state index contributed by atoms with van der Waals surface area (Å²) in [6, 6.07) is 6.70. The summed E-state index contributed by atoms with van der Waals surface area (Å²) in [6.07, 6.45) is 2.24. The van der Waals surface area contributed by atoms with Crippen molar-refractivity contribution in [2.75, 3.05) is 32.1 Å². The number of methoxy groups -OCH3 is 1. The van der Waals surface area contributed by atoms with Crippen LogP contribution in [-0.4, -0.2) is 54.6 Å². The van der Waals surface area contributed by atoms with Crippen LogP contribution in [0, 0.1) is 11.3 Å². The molecule has 2 N–H and O–H groups in total.